The van der Waals surface area contributed by atoms with Crippen LogP contribution in [0.4, 0.5) is 5.13 Å². The van der Waals surface area contributed by atoms with Gasteiger partial charge >= 0.3 is 0 Å². The van der Waals surface area contributed by atoms with Gasteiger partial charge in [0, 0.05) is 11.3 Å². The number of aryl methyl sites for hydroxylation is 1. The van der Waals surface area contributed by atoms with Crippen LogP contribution in [-0.4, -0.2) is 21.4 Å². The van der Waals surface area contributed by atoms with E-state index in [2.05, 4.69) is 34.6 Å². The Hall–Kier alpha value is -1.40. The van der Waals surface area contributed by atoms with Gasteiger partial charge in [0.15, 0.2) is 0 Å². The number of nitrogens with zero attached hydrogens (tertiary/aromatic N) is 2. The maximum atomic E-state index is 12.3. The minimum absolute atomic E-state index is 0.0226. The predicted molar refractivity (Wildman–Crippen MR) is 86.9 cm³/mol. The van der Waals surface area contributed by atoms with Crippen LogP contribution in [0, 0.1) is 0 Å². The molecule has 0 saturated heterocycles. The van der Waals surface area contributed by atoms with Gasteiger partial charge in [0.2, 0.25) is 11.0 Å². The van der Waals surface area contributed by atoms with Crippen molar-refractivity contribution in [3.05, 3.63) is 34.8 Å². The molecule has 0 spiro atoms. The molecule has 1 atom stereocenters. The van der Waals surface area contributed by atoms with Gasteiger partial charge in [0.1, 0.15) is 5.01 Å². The smallest absolute Gasteiger partial charge is 0.240 e. The fourth-order valence-electron chi connectivity index (χ4n) is 2.25. The molecular weight excluding hydrogens is 302 g/mol. The van der Waals surface area contributed by atoms with Crippen molar-refractivity contribution in [2.45, 2.75) is 42.8 Å². The van der Waals surface area contributed by atoms with Crippen LogP contribution < -0.4 is 5.32 Å². The fraction of sp³-hybridized carbons (Fsp3) is 0.400. The van der Waals surface area contributed by atoms with E-state index in [-0.39, 0.29) is 11.2 Å². The lowest BCUT2D eigenvalue weighted by Gasteiger charge is -2.06. The molecule has 1 aliphatic rings. The molecule has 1 N–H and O–H groups in total. The Bertz CT molecular complexity index is 616. The molecule has 2 aromatic rings. The van der Waals surface area contributed by atoms with Crippen LogP contribution in [0.2, 0.25) is 0 Å². The van der Waals surface area contributed by atoms with E-state index in [4.69, 9.17) is 0 Å². The number of hydrogen-bond acceptors (Lipinski definition) is 5. The third-order valence-corrected chi connectivity index (χ3v) is 5.60. The van der Waals surface area contributed by atoms with Crippen molar-refractivity contribution in [1.82, 2.24) is 10.2 Å². The Morgan fingerprint density at radius 2 is 2.24 bits per heavy atom. The number of carbonyl (C=O) groups excluding carboxylic acids is 1. The molecule has 1 aromatic carbocycles. The second-order valence-corrected chi connectivity index (χ2v) is 7.32. The molecule has 0 radical (unpaired) electrons. The van der Waals surface area contributed by atoms with E-state index in [0.29, 0.717) is 5.13 Å². The van der Waals surface area contributed by atoms with Gasteiger partial charge in [-0.25, -0.2) is 0 Å². The van der Waals surface area contributed by atoms with Crippen LogP contribution in [0.5, 0.6) is 0 Å². The minimum Gasteiger partial charge on any atom is -0.300 e. The van der Waals surface area contributed by atoms with E-state index in [1.807, 2.05) is 12.1 Å². The molecule has 1 amide bonds. The van der Waals surface area contributed by atoms with Crippen LogP contribution in [0.25, 0.3) is 0 Å². The molecule has 1 aromatic heterocycles. The summed E-state index contributed by atoms with van der Waals surface area (Å²) in [6.45, 7) is 2.15. The standard InChI is InChI=1S/C15H17N3OS2/c1-2-3-8-13-17-18-15(21-13)16-14(19)12-9-10-6-4-5-7-11(10)20-12/h4-7,12H,2-3,8-9H2,1H3,(H,16,18,19). The van der Waals surface area contributed by atoms with Crippen molar-refractivity contribution in [2.75, 3.05) is 5.32 Å². The maximum absolute atomic E-state index is 12.3. The zero-order chi connectivity index (χ0) is 14.7. The van der Waals surface area contributed by atoms with Crippen molar-refractivity contribution < 1.29 is 4.79 Å². The average molecular weight is 319 g/mol. The number of amides is 1. The number of aromatic nitrogens is 2. The number of thioether (sulfide) groups is 1. The second-order valence-electron chi connectivity index (χ2n) is 5.01. The molecule has 0 fully saturated rings. The summed E-state index contributed by atoms with van der Waals surface area (Å²) < 4.78 is 0. The highest BCUT2D eigenvalue weighted by Crippen LogP contribution is 2.37. The molecule has 0 bridgehead atoms. The highest BCUT2D eigenvalue weighted by molar-refractivity contribution is 8.01. The van der Waals surface area contributed by atoms with E-state index < -0.39 is 0 Å². The Balaban J connectivity index is 1.59. The number of carbonyl (C=O) groups is 1. The summed E-state index contributed by atoms with van der Waals surface area (Å²) >= 11 is 3.11. The lowest BCUT2D eigenvalue weighted by Crippen LogP contribution is -2.24. The molecule has 2 heterocycles. The summed E-state index contributed by atoms with van der Waals surface area (Å²) in [5.41, 5.74) is 1.25. The van der Waals surface area contributed by atoms with Crippen molar-refractivity contribution >= 4 is 34.1 Å². The first kappa shape index (κ1) is 14.5. The summed E-state index contributed by atoms with van der Waals surface area (Å²) in [4.78, 5) is 13.5. The molecule has 1 aliphatic heterocycles. The first-order chi connectivity index (χ1) is 10.3. The van der Waals surface area contributed by atoms with Gasteiger partial charge < -0.3 is 0 Å². The van der Waals surface area contributed by atoms with Gasteiger partial charge in [-0.15, -0.1) is 22.0 Å². The van der Waals surface area contributed by atoms with Crippen molar-refractivity contribution in [1.29, 1.82) is 0 Å². The molecule has 6 heteroatoms. The summed E-state index contributed by atoms with van der Waals surface area (Å²) in [5.74, 6) is 0.0226. The van der Waals surface area contributed by atoms with Crippen molar-refractivity contribution in [3.8, 4) is 0 Å². The normalized spacial score (nSPS) is 16.7. The van der Waals surface area contributed by atoms with Gasteiger partial charge in [0.25, 0.3) is 0 Å². The molecular formula is C15H17N3OS2. The summed E-state index contributed by atoms with van der Waals surface area (Å²) in [7, 11) is 0. The molecule has 21 heavy (non-hydrogen) atoms. The number of fused-ring (bicyclic) bond motifs is 1. The zero-order valence-electron chi connectivity index (χ0n) is 11.8. The lowest BCUT2D eigenvalue weighted by molar-refractivity contribution is -0.115. The molecule has 1 unspecified atom stereocenters. The first-order valence-electron chi connectivity index (χ1n) is 7.14. The van der Waals surface area contributed by atoms with Gasteiger partial charge in [-0.2, -0.15) is 0 Å². The summed E-state index contributed by atoms with van der Waals surface area (Å²) in [6, 6.07) is 8.19. The zero-order valence-corrected chi connectivity index (χ0v) is 13.5. The molecule has 3 rings (SSSR count). The Kier molecular flexibility index (Phi) is 4.55. The second kappa shape index (κ2) is 6.58. The van der Waals surface area contributed by atoms with E-state index in [1.165, 1.54) is 21.8 Å². The number of benzene rings is 1. The lowest BCUT2D eigenvalue weighted by atomic mass is 10.1. The van der Waals surface area contributed by atoms with E-state index >= 15 is 0 Å². The van der Waals surface area contributed by atoms with Crippen LogP contribution in [-0.2, 0) is 17.6 Å². The summed E-state index contributed by atoms with van der Waals surface area (Å²) in [5, 5.41) is 12.6. The third kappa shape index (κ3) is 3.44. The SMILES string of the molecule is CCCCc1nnc(NC(=O)C2Cc3ccccc3S2)s1. The first-order valence-corrected chi connectivity index (χ1v) is 8.83. The quantitative estimate of drug-likeness (QED) is 0.916. The van der Waals surface area contributed by atoms with Crippen molar-refractivity contribution in [2.24, 2.45) is 0 Å². The third-order valence-electron chi connectivity index (χ3n) is 3.38. The minimum atomic E-state index is -0.0645. The maximum Gasteiger partial charge on any atom is 0.240 e. The molecule has 0 aliphatic carbocycles. The van der Waals surface area contributed by atoms with Crippen LogP contribution >= 0.6 is 23.1 Å². The van der Waals surface area contributed by atoms with E-state index in [1.54, 1.807) is 11.8 Å². The molecule has 4 nitrogen and oxygen atoms in total. The number of unbranched alkanes of at least 4 members (excludes halogenated alkanes) is 1. The number of rotatable bonds is 5. The summed E-state index contributed by atoms with van der Waals surface area (Å²) in [6.07, 6.45) is 3.97. The van der Waals surface area contributed by atoms with Crippen LogP contribution in [0.3, 0.4) is 0 Å². The topological polar surface area (TPSA) is 54.9 Å². The number of nitrogens with one attached hydrogen (secondary N) is 1. The van der Waals surface area contributed by atoms with Gasteiger partial charge in [0.05, 0.1) is 5.25 Å². The van der Waals surface area contributed by atoms with Crippen molar-refractivity contribution in [3.63, 3.8) is 0 Å². The van der Waals surface area contributed by atoms with Crippen LogP contribution in [0.1, 0.15) is 30.3 Å². The van der Waals surface area contributed by atoms with Gasteiger partial charge in [-0.3, -0.25) is 10.1 Å². The van der Waals surface area contributed by atoms with E-state index in [0.717, 1.165) is 30.7 Å². The average Bonchev–Trinajstić information content (AvgIpc) is 3.11. The highest BCUT2D eigenvalue weighted by Gasteiger charge is 2.28. The molecule has 110 valence electrons. The Morgan fingerprint density at radius 3 is 3.05 bits per heavy atom. The van der Waals surface area contributed by atoms with Crippen LogP contribution in [0.15, 0.2) is 29.2 Å². The van der Waals surface area contributed by atoms with E-state index in [9.17, 15) is 4.79 Å². The van der Waals surface area contributed by atoms with Gasteiger partial charge in [-0.1, -0.05) is 42.9 Å². The predicted octanol–water partition coefficient (Wildman–Crippen LogP) is 3.54. The molecule has 0 saturated carbocycles. The number of anilines is 1. The highest BCUT2D eigenvalue weighted by atomic mass is 32.2. The largest absolute Gasteiger partial charge is 0.300 e. The fourth-order valence-corrected chi connectivity index (χ4v) is 4.23. The number of hydrogen-bond donors (Lipinski definition) is 1. The van der Waals surface area contributed by atoms with Gasteiger partial charge in [-0.05, 0) is 24.5 Å². The Labute approximate surface area is 132 Å². The Morgan fingerprint density at radius 1 is 1.38 bits per heavy atom. The monoisotopic (exact) mass is 319 g/mol.